The van der Waals surface area contributed by atoms with Gasteiger partial charge in [-0.05, 0) is 43.5 Å². The quantitative estimate of drug-likeness (QED) is 0.797. The summed E-state index contributed by atoms with van der Waals surface area (Å²) in [6.07, 6.45) is 2.18. The summed E-state index contributed by atoms with van der Waals surface area (Å²) in [7, 11) is 0. The average molecular weight is 202 g/mol. The van der Waals surface area contributed by atoms with Gasteiger partial charge in [0.1, 0.15) is 0 Å². The molecule has 2 rings (SSSR count). The normalized spacial score (nSPS) is 11.2. The fourth-order valence-electron chi connectivity index (χ4n) is 2.33. The molecule has 0 spiro atoms. The maximum atomic E-state index is 5.78. The van der Waals surface area contributed by atoms with Crippen LogP contribution in [0.2, 0.25) is 0 Å². The molecule has 0 unspecified atom stereocenters. The van der Waals surface area contributed by atoms with E-state index in [1.54, 1.807) is 0 Å². The molecule has 0 aliphatic rings. The molecule has 0 fully saturated rings. The summed E-state index contributed by atoms with van der Waals surface area (Å²) >= 11 is 0. The van der Waals surface area contributed by atoms with Crippen LogP contribution in [0.25, 0.3) is 10.9 Å². The monoisotopic (exact) mass is 202 g/mol. The molecule has 0 atom stereocenters. The Labute approximate surface area is 90.7 Å². The fraction of sp³-hybridized carbons (Fsp3) is 0.385. The number of nitrogens with zero attached hydrogens (tertiary/aromatic N) is 1. The molecule has 80 valence electrons. The van der Waals surface area contributed by atoms with Gasteiger partial charge in [-0.3, -0.25) is 0 Å². The van der Waals surface area contributed by atoms with Gasteiger partial charge in [0.15, 0.2) is 0 Å². The minimum Gasteiger partial charge on any atom is -0.347 e. The van der Waals surface area contributed by atoms with Gasteiger partial charge in [0, 0.05) is 30.2 Å². The molecule has 0 radical (unpaired) electrons. The van der Waals surface area contributed by atoms with Crippen LogP contribution >= 0.6 is 0 Å². The summed E-state index contributed by atoms with van der Waals surface area (Å²) in [4.78, 5) is 0. The number of benzene rings is 1. The van der Waals surface area contributed by atoms with E-state index in [4.69, 9.17) is 5.73 Å². The number of rotatable bonds is 2. The van der Waals surface area contributed by atoms with E-state index >= 15 is 0 Å². The Morgan fingerprint density at radius 1 is 1.27 bits per heavy atom. The molecule has 0 aliphatic heterocycles. The van der Waals surface area contributed by atoms with Crippen molar-refractivity contribution in [2.45, 2.75) is 33.9 Å². The Bertz CT molecular complexity index is 495. The van der Waals surface area contributed by atoms with Crippen molar-refractivity contribution in [2.24, 2.45) is 5.73 Å². The molecule has 1 aromatic heterocycles. The summed E-state index contributed by atoms with van der Waals surface area (Å²) in [5.41, 5.74) is 11.0. The highest BCUT2D eigenvalue weighted by Crippen LogP contribution is 2.26. The van der Waals surface area contributed by atoms with Crippen molar-refractivity contribution in [2.75, 3.05) is 0 Å². The molecule has 0 aliphatic carbocycles. The third-order valence-corrected chi connectivity index (χ3v) is 2.96. The molecule has 15 heavy (non-hydrogen) atoms. The second kappa shape index (κ2) is 3.70. The SMILES string of the molecule is CCn1cc(CN)c2c(C)cc(C)cc21. The Balaban J connectivity index is 2.85. The first kappa shape index (κ1) is 10.2. The van der Waals surface area contributed by atoms with E-state index in [0.717, 1.165) is 6.54 Å². The molecule has 2 nitrogen and oxygen atoms in total. The van der Waals surface area contributed by atoms with Crippen LogP contribution in [-0.2, 0) is 13.1 Å². The highest BCUT2D eigenvalue weighted by Gasteiger charge is 2.09. The van der Waals surface area contributed by atoms with Crippen molar-refractivity contribution >= 4 is 10.9 Å². The first-order valence-electron chi connectivity index (χ1n) is 5.46. The van der Waals surface area contributed by atoms with Crippen molar-refractivity contribution in [3.63, 3.8) is 0 Å². The lowest BCUT2D eigenvalue weighted by Gasteiger charge is -2.04. The van der Waals surface area contributed by atoms with E-state index in [0.29, 0.717) is 6.54 Å². The van der Waals surface area contributed by atoms with E-state index in [-0.39, 0.29) is 0 Å². The first-order valence-corrected chi connectivity index (χ1v) is 5.46. The van der Waals surface area contributed by atoms with Crippen molar-refractivity contribution in [1.29, 1.82) is 0 Å². The molecule has 0 amide bonds. The predicted octanol–water partition coefficient (Wildman–Crippen LogP) is 2.74. The largest absolute Gasteiger partial charge is 0.347 e. The third-order valence-electron chi connectivity index (χ3n) is 2.96. The van der Waals surface area contributed by atoms with Crippen LogP contribution in [0.5, 0.6) is 0 Å². The van der Waals surface area contributed by atoms with Gasteiger partial charge in [-0.2, -0.15) is 0 Å². The van der Waals surface area contributed by atoms with Gasteiger partial charge in [0.05, 0.1) is 0 Å². The van der Waals surface area contributed by atoms with Crippen molar-refractivity contribution in [3.05, 3.63) is 35.0 Å². The van der Waals surface area contributed by atoms with E-state index in [1.807, 2.05) is 0 Å². The zero-order valence-electron chi connectivity index (χ0n) is 9.67. The lowest BCUT2D eigenvalue weighted by Crippen LogP contribution is -1.95. The summed E-state index contributed by atoms with van der Waals surface area (Å²) in [5, 5.41) is 1.34. The molecule has 0 saturated carbocycles. The lowest BCUT2D eigenvalue weighted by molar-refractivity contribution is 0.791. The topological polar surface area (TPSA) is 30.9 Å². The Morgan fingerprint density at radius 3 is 2.60 bits per heavy atom. The number of aromatic nitrogens is 1. The smallest absolute Gasteiger partial charge is 0.0488 e. The van der Waals surface area contributed by atoms with Crippen molar-refractivity contribution in [3.8, 4) is 0 Å². The van der Waals surface area contributed by atoms with Crippen LogP contribution in [0.4, 0.5) is 0 Å². The van der Waals surface area contributed by atoms with Crippen LogP contribution in [0.3, 0.4) is 0 Å². The molecule has 0 bridgehead atoms. The number of hydrogen-bond acceptors (Lipinski definition) is 1. The zero-order chi connectivity index (χ0) is 11.0. The number of hydrogen-bond donors (Lipinski definition) is 1. The predicted molar refractivity (Wildman–Crippen MR) is 65.0 cm³/mol. The highest BCUT2D eigenvalue weighted by molar-refractivity contribution is 5.87. The number of fused-ring (bicyclic) bond motifs is 1. The third kappa shape index (κ3) is 1.55. The summed E-state index contributed by atoms with van der Waals surface area (Å²) < 4.78 is 2.28. The van der Waals surface area contributed by atoms with Crippen molar-refractivity contribution in [1.82, 2.24) is 4.57 Å². The van der Waals surface area contributed by atoms with Gasteiger partial charge in [-0.25, -0.2) is 0 Å². The molecule has 1 aromatic carbocycles. The number of aryl methyl sites for hydroxylation is 3. The maximum absolute atomic E-state index is 5.78. The van der Waals surface area contributed by atoms with Gasteiger partial charge in [-0.1, -0.05) is 6.07 Å². The molecular formula is C13H18N2. The Morgan fingerprint density at radius 2 is 2.00 bits per heavy atom. The second-order valence-electron chi connectivity index (χ2n) is 4.12. The second-order valence-corrected chi connectivity index (χ2v) is 4.12. The van der Waals surface area contributed by atoms with Crippen LogP contribution in [0.1, 0.15) is 23.6 Å². The minimum atomic E-state index is 0.618. The summed E-state index contributed by atoms with van der Waals surface area (Å²) in [6, 6.07) is 4.46. The van der Waals surface area contributed by atoms with Gasteiger partial charge in [0.2, 0.25) is 0 Å². The Hall–Kier alpha value is -1.28. The molecule has 0 saturated heterocycles. The molecule has 2 aromatic rings. The number of nitrogens with two attached hydrogens (primary N) is 1. The van der Waals surface area contributed by atoms with Gasteiger partial charge in [0.25, 0.3) is 0 Å². The standard InChI is InChI=1S/C13H18N2/c1-4-15-8-11(7-14)13-10(3)5-9(2)6-12(13)15/h5-6,8H,4,7,14H2,1-3H3. The fourth-order valence-corrected chi connectivity index (χ4v) is 2.33. The van der Waals surface area contributed by atoms with Crippen molar-refractivity contribution < 1.29 is 0 Å². The van der Waals surface area contributed by atoms with E-state index < -0.39 is 0 Å². The Kier molecular flexibility index (Phi) is 2.53. The molecule has 2 heteroatoms. The minimum absolute atomic E-state index is 0.618. The van der Waals surface area contributed by atoms with Crippen LogP contribution in [0.15, 0.2) is 18.3 Å². The molecule has 2 N–H and O–H groups in total. The average Bonchev–Trinajstić information content (AvgIpc) is 2.55. The van der Waals surface area contributed by atoms with Gasteiger partial charge in [-0.15, -0.1) is 0 Å². The molecular weight excluding hydrogens is 184 g/mol. The summed E-state index contributed by atoms with van der Waals surface area (Å²) in [6.45, 7) is 8.08. The van der Waals surface area contributed by atoms with E-state index in [9.17, 15) is 0 Å². The van der Waals surface area contributed by atoms with Gasteiger partial charge >= 0.3 is 0 Å². The van der Waals surface area contributed by atoms with E-state index in [1.165, 1.54) is 27.6 Å². The first-order chi connectivity index (χ1) is 7.17. The van der Waals surface area contributed by atoms with Crippen LogP contribution < -0.4 is 5.73 Å². The van der Waals surface area contributed by atoms with Crippen LogP contribution in [-0.4, -0.2) is 4.57 Å². The van der Waals surface area contributed by atoms with Crippen LogP contribution in [0, 0.1) is 13.8 Å². The molecule has 1 heterocycles. The van der Waals surface area contributed by atoms with E-state index in [2.05, 4.69) is 43.7 Å². The van der Waals surface area contributed by atoms with Gasteiger partial charge < -0.3 is 10.3 Å². The highest BCUT2D eigenvalue weighted by atomic mass is 14.9. The zero-order valence-corrected chi connectivity index (χ0v) is 9.67. The lowest BCUT2D eigenvalue weighted by atomic mass is 10.0. The maximum Gasteiger partial charge on any atom is 0.0488 e. The summed E-state index contributed by atoms with van der Waals surface area (Å²) in [5.74, 6) is 0.